The van der Waals surface area contributed by atoms with Crippen molar-refractivity contribution in [2.45, 2.75) is 61.4 Å². The van der Waals surface area contributed by atoms with Gasteiger partial charge in [-0.2, -0.15) is 0 Å². The van der Waals surface area contributed by atoms with Gasteiger partial charge in [0.2, 0.25) is 16.7 Å². The first-order chi connectivity index (χ1) is 16.9. The van der Waals surface area contributed by atoms with E-state index in [1.165, 1.54) is 31.4 Å². The first-order valence-electron chi connectivity index (χ1n) is 10.3. The molecule has 0 bridgehead atoms. The highest BCUT2D eigenvalue weighted by Crippen LogP contribution is 2.31. The van der Waals surface area contributed by atoms with E-state index in [9.17, 15) is 48.4 Å². The number of carboxylic acids is 1. The Balaban J connectivity index is 1.84. The van der Waals surface area contributed by atoms with Gasteiger partial charge in [-0.25, -0.2) is 8.42 Å². The number of ether oxygens (including phenoxy) is 5. The number of aliphatic hydroxyl groups is 5. The second-order valence-electron chi connectivity index (χ2n) is 7.80. The van der Waals surface area contributed by atoms with Crippen LogP contribution < -0.4 is 14.6 Å². The number of carbonyl (C=O) groups excluding carboxylic acids is 1. The van der Waals surface area contributed by atoms with Crippen molar-refractivity contribution >= 4 is 16.4 Å². The number of carboxylic acid groups (broad SMARTS) is 1. The second-order valence-corrected chi connectivity index (χ2v) is 8.80. The first kappa shape index (κ1) is 28.4. The van der Waals surface area contributed by atoms with E-state index in [2.05, 4.69) is 4.18 Å². The minimum Gasteiger partial charge on any atom is -0.726 e. The second kappa shape index (κ2) is 11.5. The van der Waals surface area contributed by atoms with Crippen LogP contribution in [0.3, 0.4) is 0 Å². The molecule has 1 aromatic rings. The molecule has 0 aliphatic carbocycles. The summed E-state index contributed by atoms with van der Waals surface area (Å²) in [6.07, 6.45) is -20.1. The predicted molar refractivity (Wildman–Crippen MR) is 107 cm³/mol. The van der Waals surface area contributed by atoms with Crippen molar-refractivity contribution in [3.63, 3.8) is 0 Å². The highest BCUT2D eigenvalue weighted by Gasteiger charge is 2.52. The fourth-order valence-electron chi connectivity index (χ4n) is 3.65. The van der Waals surface area contributed by atoms with Crippen LogP contribution in [0.4, 0.5) is 0 Å². The van der Waals surface area contributed by atoms with E-state index in [-0.39, 0.29) is 5.75 Å². The molecular formula is C19H24O16S-2. The molecule has 0 amide bonds. The van der Waals surface area contributed by atoms with Crippen LogP contribution in [0.2, 0.25) is 0 Å². The van der Waals surface area contributed by atoms with Gasteiger partial charge < -0.3 is 63.7 Å². The van der Waals surface area contributed by atoms with Gasteiger partial charge in [0, 0.05) is 0 Å². The Labute approximate surface area is 204 Å². The summed E-state index contributed by atoms with van der Waals surface area (Å²) in [5, 5.41) is 62.6. The lowest BCUT2D eigenvalue weighted by Gasteiger charge is -2.46. The predicted octanol–water partition coefficient (Wildman–Crippen LogP) is -5.06. The van der Waals surface area contributed by atoms with Crippen LogP contribution in [0.15, 0.2) is 24.3 Å². The van der Waals surface area contributed by atoms with E-state index < -0.39 is 84.4 Å². The fraction of sp³-hybridized carbons (Fsp3) is 0.632. The molecule has 0 unspecified atom stereocenters. The summed E-state index contributed by atoms with van der Waals surface area (Å²) in [5.41, 5.74) is 0. The number of hydrogen-bond donors (Lipinski definition) is 5. The number of methoxy groups -OCH3 is 1. The van der Waals surface area contributed by atoms with E-state index in [0.29, 0.717) is 5.75 Å². The molecular weight excluding hydrogens is 516 g/mol. The molecule has 3 rings (SSSR count). The monoisotopic (exact) mass is 540 g/mol. The summed E-state index contributed by atoms with van der Waals surface area (Å²) >= 11 is 0. The molecule has 1 aromatic carbocycles. The molecule has 2 saturated heterocycles. The number of hydrogen-bond acceptors (Lipinski definition) is 16. The van der Waals surface area contributed by atoms with E-state index in [0.717, 1.165) is 0 Å². The minimum atomic E-state index is -5.55. The normalized spacial score (nSPS) is 37.3. The van der Waals surface area contributed by atoms with Crippen LogP contribution in [0, 0.1) is 0 Å². The smallest absolute Gasteiger partial charge is 0.229 e. The molecule has 0 saturated carbocycles. The van der Waals surface area contributed by atoms with Crippen molar-refractivity contribution in [1.29, 1.82) is 0 Å². The maximum atomic E-state index is 11.4. The van der Waals surface area contributed by atoms with Gasteiger partial charge in [0.05, 0.1) is 19.7 Å². The van der Waals surface area contributed by atoms with Crippen LogP contribution in [-0.4, -0.2) is 120 Å². The molecule has 2 fully saturated rings. The van der Waals surface area contributed by atoms with Gasteiger partial charge in [0.25, 0.3) is 0 Å². The molecule has 0 aromatic heterocycles. The van der Waals surface area contributed by atoms with Gasteiger partial charge in [-0.3, -0.25) is 4.18 Å². The molecule has 0 radical (unpaired) electrons. The summed E-state index contributed by atoms with van der Waals surface area (Å²) in [6.45, 7) is -0.801. The zero-order valence-corrected chi connectivity index (χ0v) is 19.2. The van der Waals surface area contributed by atoms with Gasteiger partial charge in [-0.15, -0.1) is 0 Å². The van der Waals surface area contributed by atoms with Crippen molar-refractivity contribution in [3.05, 3.63) is 24.3 Å². The van der Waals surface area contributed by atoms with E-state index in [4.69, 9.17) is 23.7 Å². The zero-order valence-electron chi connectivity index (χ0n) is 18.4. The first-order valence-corrected chi connectivity index (χ1v) is 11.6. The topological polar surface area (TPSA) is 254 Å². The minimum absolute atomic E-state index is 0.162. The van der Waals surface area contributed by atoms with E-state index >= 15 is 0 Å². The number of aliphatic carboxylic acids is 1. The molecule has 2 heterocycles. The quantitative estimate of drug-likeness (QED) is 0.145. The maximum Gasteiger partial charge on any atom is 0.229 e. The van der Waals surface area contributed by atoms with Crippen LogP contribution in [0.25, 0.3) is 0 Å². The van der Waals surface area contributed by atoms with Gasteiger partial charge in [0.1, 0.15) is 60.3 Å². The number of rotatable bonds is 9. The maximum absolute atomic E-state index is 11.4. The third-order valence-corrected chi connectivity index (χ3v) is 5.89. The molecule has 17 heteroatoms. The molecule has 2 aliphatic heterocycles. The summed E-state index contributed by atoms with van der Waals surface area (Å²) in [5.74, 6) is -1.43. The summed E-state index contributed by atoms with van der Waals surface area (Å²) in [6, 6.07) is 5.96. The van der Waals surface area contributed by atoms with Gasteiger partial charge >= 0.3 is 0 Å². The summed E-state index contributed by atoms with van der Waals surface area (Å²) in [4.78, 5) is 11.4. The zero-order chi connectivity index (χ0) is 26.8. The van der Waals surface area contributed by atoms with Gasteiger partial charge in [0.15, 0.2) is 6.29 Å². The van der Waals surface area contributed by atoms with Crippen LogP contribution in [0.1, 0.15) is 0 Å². The number of benzene rings is 1. The Hall–Kier alpha value is -2.16. The Morgan fingerprint density at radius 2 is 1.53 bits per heavy atom. The Morgan fingerprint density at radius 3 is 2.06 bits per heavy atom. The third-order valence-electron chi connectivity index (χ3n) is 5.43. The molecule has 16 nitrogen and oxygen atoms in total. The van der Waals surface area contributed by atoms with Gasteiger partial charge in [-0.1, -0.05) is 0 Å². The van der Waals surface area contributed by atoms with Crippen molar-refractivity contribution in [2.24, 2.45) is 0 Å². The summed E-state index contributed by atoms with van der Waals surface area (Å²) in [7, 11) is -4.12. The lowest BCUT2D eigenvalue weighted by atomic mass is 9.97. The van der Waals surface area contributed by atoms with E-state index in [1.54, 1.807) is 0 Å². The van der Waals surface area contributed by atoms with Crippen molar-refractivity contribution in [1.82, 2.24) is 0 Å². The molecule has 2 aliphatic rings. The number of carbonyl (C=O) groups is 1. The fourth-order valence-corrected chi connectivity index (χ4v) is 4.15. The average molecular weight is 540 g/mol. The van der Waals surface area contributed by atoms with Crippen LogP contribution in [0.5, 0.6) is 11.5 Å². The Kier molecular flexibility index (Phi) is 9.06. The van der Waals surface area contributed by atoms with Crippen LogP contribution >= 0.6 is 0 Å². The van der Waals surface area contributed by atoms with E-state index in [1.807, 2.05) is 0 Å². The highest BCUT2D eigenvalue weighted by molar-refractivity contribution is 7.80. The van der Waals surface area contributed by atoms with Crippen molar-refractivity contribution in [3.8, 4) is 11.5 Å². The molecule has 10 atom stereocenters. The molecule has 36 heavy (non-hydrogen) atoms. The lowest BCUT2D eigenvalue weighted by Crippen LogP contribution is -2.67. The Morgan fingerprint density at radius 1 is 0.944 bits per heavy atom. The van der Waals surface area contributed by atoms with Crippen molar-refractivity contribution in [2.75, 3.05) is 13.7 Å². The van der Waals surface area contributed by atoms with Crippen molar-refractivity contribution < 1.29 is 76.3 Å². The molecule has 5 N–H and O–H groups in total. The van der Waals surface area contributed by atoms with Crippen LogP contribution in [-0.2, 0) is 33.6 Å². The lowest BCUT2D eigenvalue weighted by molar-refractivity contribution is -0.367. The summed E-state index contributed by atoms with van der Waals surface area (Å²) < 4.78 is 63.3. The third kappa shape index (κ3) is 6.39. The standard InChI is InChI=1S/C19H26O16S/c1-30-7-2-4-8(5-3-7)31-18-12(23)14(10(21)9(6-20)32-18)33-19-13(24)15(35-36(27,28)29)11(22)16(34-19)17(25)26/h2-5,9-16,18-24H,6H2,1H3,(H,25,26)(H,27,28,29)/p-2/t9-,10+,11+,12-,13-,14+,15+,16+,18-,19-/m1/s1. The molecule has 204 valence electrons. The molecule has 0 spiro atoms. The largest absolute Gasteiger partial charge is 0.726 e. The number of aliphatic hydroxyl groups excluding tert-OH is 5. The Bertz CT molecular complexity index is 986. The van der Waals surface area contributed by atoms with Gasteiger partial charge in [-0.05, 0) is 24.3 Å². The average Bonchev–Trinajstić information content (AvgIpc) is 2.82. The SMILES string of the molecule is COc1ccc(O[C@@H]2O[C@H](CO)[C@H](O)[C@H](O[C@@H]3O[C@H](C(=O)[O-])[C@@H](O)[C@H](OS(=O)(=O)[O-])[C@H]3O)[C@H]2O)cc1. The highest BCUT2D eigenvalue weighted by atomic mass is 32.3.